The maximum absolute atomic E-state index is 12.3. The Labute approximate surface area is 117 Å². The fraction of sp³-hybridized carbons (Fsp3) is 0.300. The lowest BCUT2D eigenvalue weighted by Crippen LogP contribution is -2.07. The number of hydrogen-bond donors (Lipinski definition) is 0. The quantitative estimate of drug-likeness (QED) is 0.552. The number of rotatable bonds is 4. The van der Waals surface area contributed by atoms with E-state index in [1.165, 1.54) is 12.1 Å². The first-order valence-electron chi connectivity index (χ1n) is 4.44. The number of Topliss-reactive ketones (excluding diaryl/α,β-unsaturated/α-hetero) is 1. The topological polar surface area (TPSA) is 17.1 Å². The van der Waals surface area contributed by atoms with Gasteiger partial charge in [0.2, 0.25) is 0 Å². The minimum Gasteiger partial charge on any atom is -0.298 e. The summed E-state index contributed by atoms with van der Waals surface area (Å²) in [6.45, 7) is 0. The first-order chi connectivity index (χ1) is 7.83. The van der Waals surface area contributed by atoms with Gasteiger partial charge in [0.05, 0.1) is 5.33 Å². The van der Waals surface area contributed by atoms with Crippen molar-refractivity contribution in [1.29, 1.82) is 0 Å². The maximum Gasteiger partial charge on any atom is 0.446 e. The first kappa shape index (κ1) is 15.0. The summed E-state index contributed by atoms with van der Waals surface area (Å²) in [5.41, 5.74) is -3.98. The van der Waals surface area contributed by atoms with Crippen LogP contribution in [0.4, 0.5) is 13.2 Å². The molecule has 0 unspecified atom stereocenters. The monoisotopic (exact) mass is 390 g/mol. The van der Waals surface area contributed by atoms with Crippen LogP contribution in [0.1, 0.15) is 5.56 Å². The third-order valence-corrected chi connectivity index (χ3v) is 4.03. The van der Waals surface area contributed by atoms with E-state index in [0.717, 1.165) is 0 Å². The van der Waals surface area contributed by atoms with Gasteiger partial charge in [-0.1, -0.05) is 37.9 Å². The standard InChI is InChI=1S/C10H7Br2F3OS/c11-5-6(16)4-7-8(12)2-1-3-9(7)17-10(13,14)15/h1-3H,4-5H2. The molecule has 0 N–H and O–H groups in total. The highest BCUT2D eigenvalue weighted by molar-refractivity contribution is 9.10. The van der Waals surface area contributed by atoms with Gasteiger partial charge in [-0.15, -0.1) is 0 Å². The van der Waals surface area contributed by atoms with Crippen LogP contribution in [0, 0.1) is 0 Å². The lowest BCUT2D eigenvalue weighted by molar-refractivity contribution is -0.115. The zero-order valence-corrected chi connectivity index (χ0v) is 12.3. The van der Waals surface area contributed by atoms with Gasteiger partial charge in [0.1, 0.15) is 5.78 Å². The highest BCUT2D eigenvalue weighted by atomic mass is 79.9. The second-order valence-electron chi connectivity index (χ2n) is 3.11. The summed E-state index contributed by atoms with van der Waals surface area (Å²) in [6, 6.07) is 4.50. The Morgan fingerprint density at radius 3 is 2.53 bits per heavy atom. The van der Waals surface area contributed by atoms with E-state index in [0.29, 0.717) is 10.0 Å². The fourth-order valence-electron chi connectivity index (χ4n) is 1.18. The van der Waals surface area contributed by atoms with Crippen molar-refractivity contribution in [3.05, 3.63) is 28.2 Å². The predicted octanol–water partition coefficient (Wildman–Crippen LogP) is 4.57. The Morgan fingerprint density at radius 1 is 1.35 bits per heavy atom. The van der Waals surface area contributed by atoms with Gasteiger partial charge in [-0.3, -0.25) is 4.79 Å². The van der Waals surface area contributed by atoms with Gasteiger partial charge in [-0.2, -0.15) is 13.2 Å². The number of halogens is 5. The molecular formula is C10H7Br2F3OS. The van der Waals surface area contributed by atoms with Crippen molar-refractivity contribution < 1.29 is 18.0 Å². The number of thioether (sulfide) groups is 1. The summed E-state index contributed by atoms with van der Waals surface area (Å²) < 4.78 is 37.5. The molecule has 0 aliphatic heterocycles. The van der Waals surface area contributed by atoms with Crippen molar-refractivity contribution >= 4 is 49.4 Å². The number of ketones is 1. The largest absolute Gasteiger partial charge is 0.446 e. The van der Waals surface area contributed by atoms with Crippen LogP contribution in [-0.4, -0.2) is 16.6 Å². The van der Waals surface area contributed by atoms with Crippen molar-refractivity contribution in [3.63, 3.8) is 0 Å². The molecule has 0 aromatic heterocycles. The summed E-state index contributed by atoms with van der Waals surface area (Å²) in [5, 5.41) is 0.129. The summed E-state index contributed by atoms with van der Waals surface area (Å²) in [6.07, 6.45) is -0.0227. The van der Waals surface area contributed by atoms with Gasteiger partial charge in [0.25, 0.3) is 0 Å². The van der Waals surface area contributed by atoms with E-state index in [9.17, 15) is 18.0 Å². The number of hydrogen-bond acceptors (Lipinski definition) is 2. The molecule has 0 aliphatic rings. The molecule has 0 heterocycles. The molecule has 1 aromatic carbocycles. The SMILES string of the molecule is O=C(CBr)Cc1c(Br)cccc1SC(F)(F)F. The smallest absolute Gasteiger partial charge is 0.298 e. The average Bonchev–Trinajstić information content (AvgIpc) is 2.20. The molecular weight excluding hydrogens is 385 g/mol. The first-order valence-corrected chi connectivity index (χ1v) is 7.17. The number of benzene rings is 1. The van der Waals surface area contributed by atoms with Crippen LogP contribution < -0.4 is 0 Å². The van der Waals surface area contributed by atoms with Crippen molar-refractivity contribution in [2.45, 2.75) is 16.8 Å². The molecule has 0 bridgehead atoms. The Kier molecular flexibility index (Phi) is 5.53. The van der Waals surface area contributed by atoms with Crippen LogP contribution in [0.2, 0.25) is 0 Å². The van der Waals surface area contributed by atoms with E-state index in [4.69, 9.17) is 0 Å². The van der Waals surface area contributed by atoms with E-state index < -0.39 is 5.51 Å². The lowest BCUT2D eigenvalue weighted by atomic mass is 10.1. The van der Waals surface area contributed by atoms with Crippen molar-refractivity contribution in [3.8, 4) is 0 Å². The van der Waals surface area contributed by atoms with Gasteiger partial charge >= 0.3 is 5.51 Å². The van der Waals surface area contributed by atoms with Gasteiger partial charge in [0.15, 0.2) is 0 Å². The molecule has 0 saturated heterocycles. The van der Waals surface area contributed by atoms with Gasteiger partial charge in [0, 0.05) is 15.8 Å². The Morgan fingerprint density at radius 2 is 2.00 bits per heavy atom. The zero-order chi connectivity index (χ0) is 13.1. The van der Waals surface area contributed by atoms with Crippen LogP contribution in [0.3, 0.4) is 0 Å². The molecule has 0 aliphatic carbocycles. The Balaban J connectivity index is 3.04. The normalized spacial score (nSPS) is 11.6. The minimum atomic E-state index is -4.35. The number of carbonyl (C=O) groups is 1. The van der Waals surface area contributed by atoms with Crippen LogP contribution in [0.5, 0.6) is 0 Å². The zero-order valence-electron chi connectivity index (χ0n) is 8.35. The Bertz CT molecular complexity index is 421. The second-order valence-corrected chi connectivity index (χ2v) is 5.64. The van der Waals surface area contributed by atoms with Crippen molar-refractivity contribution in [1.82, 2.24) is 0 Å². The highest BCUT2D eigenvalue weighted by Gasteiger charge is 2.30. The van der Waals surface area contributed by atoms with E-state index in [-0.39, 0.29) is 34.2 Å². The van der Waals surface area contributed by atoms with Gasteiger partial charge < -0.3 is 0 Å². The Hall–Kier alpha value is -0.0100. The highest BCUT2D eigenvalue weighted by Crippen LogP contribution is 2.40. The molecule has 0 atom stereocenters. The lowest BCUT2D eigenvalue weighted by Gasteiger charge is -2.11. The van der Waals surface area contributed by atoms with Crippen LogP contribution in [-0.2, 0) is 11.2 Å². The molecule has 0 amide bonds. The number of carbonyl (C=O) groups excluding carboxylic acids is 1. The molecule has 7 heteroatoms. The van der Waals surface area contributed by atoms with Crippen LogP contribution in [0.25, 0.3) is 0 Å². The predicted molar refractivity (Wildman–Crippen MR) is 68.6 cm³/mol. The third kappa shape index (κ3) is 5.01. The van der Waals surface area contributed by atoms with Gasteiger partial charge in [-0.05, 0) is 29.5 Å². The molecule has 0 fully saturated rings. The van der Waals surface area contributed by atoms with E-state index in [2.05, 4.69) is 31.9 Å². The van der Waals surface area contributed by atoms with Crippen LogP contribution in [0.15, 0.2) is 27.6 Å². The van der Waals surface area contributed by atoms with Crippen molar-refractivity contribution in [2.75, 3.05) is 5.33 Å². The molecule has 0 saturated carbocycles. The van der Waals surface area contributed by atoms with Crippen LogP contribution >= 0.6 is 43.6 Å². The second kappa shape index (κ2) is 6.24. The summed E-state index contributed by atoms with van der Waals surface area (Å²) in [7, 11) is 0. The molecule has 1 rings (SSSR count). The molecule has 1 aromatic rings. The summed E-state index contributed by atoms with van der Waals surface area (Å²) in [4.78, 5) is 11.3. The molecule has 17 heavy (non-hydrogen) atoms. The van der Waals surface area contributed by atoms with Crippen molar-refractivity contribution in [2.24, 2.45) is 0 Å². The van der Waals surface area contributed by atoms with E-state index in [1.54, 1.807) is 6.07 Å². The summed E-state index contributed by atoms with van der Waals surface area (Å²) >= 11 is 5.95. The van der Waals surface area contributed by atoms with E-state index >= 15 is 0 Å². The average molecular weight is 392 g/mol. The van der Waals surface area contributed by atoms with E-state index in [1.807, 2.05) is 0 Å². The minimum absolute atomic E-state index is 0.0227. The molecule has 94 valence electrons. The fourth-order valence-corrected chi connectivity index (χ4v) is 2.71. The molecule has 0 spiro atoms. The third-order valence-electron chi connectivity index (χ3n) is 1.82. The maximum atomic E-state index is 12.3. The molecule has 1 nitrogen and oxygen atoms in total. The number of alkyl halides is 4. The summed E-state index contributed by atoms with van der Waals surface area (Å²) in [5.74, 6) is -0.166. The molecule has 0 radical (unpaired) electrons. The van der Waals surface area contributed by atoms with Gasteiger partial charge in [-0.25, -0.2) is 0 Å².